The normalized spacial score (nSPS) is 11.7. The number of nitro benzene ring substituents is 1. The first kappa shape index (κ1) is 15.0. The highest BCUT2D eigenvalue weighted by Gasteiger charge is 2.29. The highest BCUT2D eigenvalue weighted by molar-refractivity contribution is 6.00. The number of ether oxygens (including phenoxy) is 1. The highest BCUT2D eigenvalue weighted by Crippen LogP contribution is 2.31. The second-order valence-electron chi connectivity index (χ2n) is 5.88. The number of rotatable bonds is 2. The van der Waals surface area contributed by atoms with E-state index in [2.05, 4.69) is 9.97 Å². The lowest BCUT2D eigenvalue weighted by molar-refractivity contribution is -0.385. The van der Waals surface area contributed by atoms with E-state index < -0.39 is 16.5 Å². The van der Waals surface area contributed by atoms with Crippen LogP contribution in [0, 0.1) is 24.0 Å². The molecule has 7 nitrogen and oxygen atoms in total. The van der Waals surface area contributed by atoms with Crippen LogP contribution in [0.5, 0.6) is 0 Å². The summed E-state index contributed by atoms with van der Waals surface area (Å²) in [5.41, 5.74) is 0.370. The number of imidazole rings is 1. The van der Waals surface area contributed by atoms with Crippen LogP contribution in [0.25, 0.3) is 11.0 Å². The minimum Gasteiger partial charge on any atom is -0.456 e. The molecular formula is C14H17N3O4. The zero-order valence-electron chi connectivity index (χ0n) is 12.6. The standard InChI is InChI=1S/C14H17N3O4/c1-7-11-10(15-8(2)16-11)6-9(12(7)17(19)20)13(18)21-14(3,4)5/h6H,1-5H3,(H,15,16). The van der Waals surface area contributed by atoms with Gasteiger partial charge >= 0.3 is 5.97 Å². The van der Waals surface area contributed by atoms with Gasteiger partial charge in [-0.05, 0) is 40.7 Å². The average molecular weight is 291 g/mol. The van der Waals surface area contributed by atoms with Crippen molar-refractivity contribution < 1.29 is 14.5 Å². The smallest absolute Gasteiger partial charge is 0.345 e. The lowest BCUT2D eigenvalue weighted by Crippen LogP contribution is -2.24. The number of nitro groups is 1. The van der Waals surface area contributed by atoms with Crippen LogP contribution in [-0.4, -0.2) is 26.5 Å². The Morgan fingerprint density at radius 1 is 1.38 bits per heavy atom. The van der Waals surface area contributed by atoms with E-state index in [1.807, 2.05) is 0 Å². The van der Waals surface area contributed by atoms with Gasteiger partial charge in [0, 0.05) is 0 Å². The maximum Gasteiger partial charge on any atom is 0.345 e. The summed E-state index contributed by atoms with van der Waals surface area (Å²) in [5, 5.41) is 11.3. The Kier molecular flexibility index (Phi) is 3.44. The highest BCUT2D eigenvalue weighted by atomic mass is 16.6. The Morgan fingerprint density at radius 2 is 2.00 bits per heavy atom. The third-order valence-corrected chi connectivity index (χ3v) is 2.91. The Labute approximate surface area is 121 Å². The summed E-state index contributed by atoms with van der Waals surface area (Å²) >= 11 is 0. The zero-order chi connectivity index (χ0) is 15.9. The number of carbonyl (C=O) groups is 1. The Bertz CT molecular complexity index is 741. The summed E-state index contributed by atoms with van der Waals surface area (Å²) in [5.74, 6) is -0.0878. The zero-order valence-corrected chi connectivity index (χ0v) is 12.6. The first-order valence-electron chi connectivity index (χ1n) is 6.48. The van der Waals surface area contributed by atoms with Crippen molar-refractivity contribution in [2.75, 3.05) is 0 Å². The molecule has 2 rings (SSSR count). The first-order valence-corrected chi connectivity index (χ1v) is 6.48. The van der Waals surface area contributed by atoms with Crippen LogP contribution >= 0.6 is 0 Å². The minimum absolute atomic E-state index is 0.0661. The van der Waals surface area contributed by atoms with Gasteiger partial charge in [0.05, 0.1) is 21.5 Å². The predicted octanol–water partition coefficient (Wildman–Crippen LogP) is 3.04. The number of nitrogens with one attached hydrogen (secondary N) is 1. The number of aromatic amines is 1. The van der Waals surface area contributed by atoms with Crippen LogP contribution in [0.2, 0.25) is 0 Å². The van der Waals surface area contributed by atoms with Crippen molar-refractivity contribution >= 4 is 22.7 Å². The molecule has 0 amide bonds. The number of esters is 1. The molecule has 7 heteroatoms. The fourth-order valence-electron chi connectivity index (χ4n) is 2.15. The van der Waals surface area contributed by atoms with E-state index in [1.165, 1.54) is 6.07 Å². The number of fused-ring (bicyclic) bond motifs is 1. The van der Waals surface area contributed by atoms with Crippen molar-refractivity contribution in [2.24, 2.45) is 0 Å². The van der Waals surface area contributed by atoms with Gasteiger partial charge in [0.2, 0.25) is 0 Å². The van der Waals surface area contributed by atoms with Crippen molar-refractivity contribution in [3.63, 3.8) is 0 Å². The molecule has 0 bridgehead atoms. The molecule has 1 aromatic carbocycles. The number of aryl methyl sites for hydroxylation is 2. The van der Waals surface area contributed by atoms with Crippen molar-refractivity contribution in [3.8, 4) is 0 Å². The topological polar surface area (TPSA) is 98.1 Å². The molecule has 0 saturated carbocycles. The third-order valence-electron chi connectivity index (χ3n) is 2.91. The van der Waals surface area contributed by atoms with Gasteiger partial charge in [0.15, 0.2) is 0 Å². The minimum atomic E-state index is -0.724. The summed E-state index contributed by atoms with van der Waals surface area (Å²) in [6, 6.07) is 1.43. The van der Waals surface area contributed by atoms with Gasteiger partial charge in [0.25, 0.3) is 5.69 Å². The van der Waals surface area contributed by atoms with Gasteiger partial charge in [-0.1, -0.05) is 0 Å². The number of hydrogen-bond acceptors (Lipinski definition) is 5. The van der Waals surface area contributed by atoms with Gasteiger partial charge in [0.1, 0.15) is 17.0 Å². The van der Waals surface area contributed by atoms with E-state index in [1.54, 1.807) is 34.6 Å². The number of hydrogen-bond donors (Lipinski definition) is 1. The number of nitrogens with zero attached hydrogens (tertiary/aromatic N) is 2. The van der Waals surface area contributed by atoms with E-state index in [0.717, 1.165) is 0 Å². The monoisotopic (exact) mass is 291 g/mol. The van der Waals surface area contributed by atoms with E-state index in [0.29, 0.717) is 22.4 Å². The molecule has 0 aliphatic rings. The van der Waals surface area contributed by atoms with Crippen LogP contribution in [0.1, 0.15) is 42.5 Å². The first-order chi connectivity index (χ1) is 9.60. The maximum atomic E-state index is 12.2. The Balaban J connectivity index is 2.69. The lowest BCUT2D eigenvalue weighted by atomic mass is 10.1. The molecule has 2 aromatic rings. The van der Waals surface area contributed by atoms with Crippen molar-refractivity contribution in [3.05, 3.63) is 33.1 Å². The third kappa shape index (κ3) is 2.86. The van der Waals surface area contributed by atoms with Crippen LogP contribution in [-0.2, 0) is 4.74 Å². The number of benzene rings is 1. The van der Waals surface area contributed by atoms with E-state index in [-0.39, 0.29) is 11.3 Å². The van der Waals surface area contributed by atoms with Crippen molar-refractivity contribution in [2.45, 2.75) is 40.2 Å². The van der Waals surface area contributed by atoms with Crippen LogP contribution < -0.4 is 0 Å². The molecule has 0 fully saturated rings. The molecule has 0 saturated heterocycles. The van der Waals surface area contributed by atoms with Gasteiger partial charge in [-0.25, -0.2) is 9.78 Å². The molecule has 112 valence electrons. The molecule has 0 aliphatic heterocycles. The fraction of sp³-hybridized carbons (Fsp3) is 0.429. The summed E-state index contributed by atoms with van der Waals surface area (Å²) in [4.78, 5) is 30.2. The largest absolute Gasteiger partial charge is 0.456 e. The second kappa shape index (κ2) is 4.83. The molecule has 1 aromatic heterocycles. The molecule has 0 spiro atoms. The molecule has 0 aliphatic carbocycles. The molecule has 1 N–H and O–H groups in total. The summed E-state index contributed by atoms with van der Waals surface area (Å²) in [6.07, 6.45) is 0. The van der Waals surface area contributed by atoms with Gasteiger partial charge in [-0.2, -0.15) is 0 Å². The van der Waals surface area contributed by atoms with Crippen molar-refractivity contribution in [1.82, 2.24) is 9.97 Å². The van der Waals surface area contributed by atoms with E-state index >= 15 is 0 Å². The molecule has 0 unspecified atom stereocenters. The summed E-state index contributed by atoms with van der Waals surface area (Å²) in [7, 11) is 0. The van der Waals surface area contributed by atoms with Crippen LogP contribution in [0.3, 0.4) is 0 Å². The van der Waals surface area contributed by atoms with Gasteiger partial charge in [-0.3, -0.25) is 10.1 Å². The SMILES string of the molecule is Cc1nc2c(C)c([N+](=O)[O-])c(C(=O)OC(C)(C)C)cc2[nH]1. The predicted molar refractivity (Wildman–Crippen MR) is 77.4 cm³/mol. The lowest BCUT2D eigenvalue weighted by Gasteiger charge is -2.19. The molecule has 0 radical (unpaired) electrons. The molecular weight excluding hydrogens is 274 g/mol. The number of H-pyrrole nitrogens is 1. The Morgan fingerprint density at radius 3 is 2.52 bits per heavy atom. The van der Waals surface area contributed by atoms with Gasteiger partial charge < -0.3 is 9.72 Å². The molecule has 0 atom stereocenters. The van der Waals surface area contributed by atoms with Crippen LogP contribution in [0.4, 0.5) is 5.69 Å². The molecule has 21 heavy (non-hydrogen) atoms. The summed E-state index contributed by atoms with van der Waals surface area (Å²) < 4.78 is 5.25. The number of aromatic nitrogens is 2. The average Bonchev–Trinajstić information content (AvgIpc) is 2.67. The second-order valence-corrected chi connectivity index (χ2v) is 5.88. The maximum absolute atomic E-state index is 12.2. The van der Waals surface area contributed by atoms with Crippen molar-refractivity contribution in [1.29, 1.82) is 0 Å². The van der Waals surface area contributed by atoms with Gasteiger partial charge in [-0.15, -0.1) is 0 Å². The summed E-state index contributed by atoms with van der Waals surface area (Å²) in [6.45, 7) is 8.46. The Hall–Kier alpha value is -2.44. The van der Waals surface area contributed by atoms with Crippen LogP contribution in [0.15, 0.2) is 6.07 Å². The van der Waals surface area contributed by atoms with E-state index in [9.17, 15) is 14.9 Å². The molecule has 1 heterocycles. The quantitative estimate of drug-likeness (QED) is 0.521. The fourth-order valence-corrected chi connectivity index (χ4v) is 2.15. The van der Waals surface area contributed by atoms with E-state index in [4.69, 9.17) is 4.74 Å². The number of carbonyl (C=O) groups excluding carboxylic acids is 1.